The maximum atomic E-state index is 11.7. The number of fused-ring (bicyclic) bond motifs is 1. The maximum absolute atomic E-state index is 11.7. The third kappa shape index (κ3) is 3.73. The summed E-state index contributed by atoms with van der Waals surface area (Å²) < 4.78 is 13.8. The molecule has 0 aromatic carbocycles. The van der Waals surface area contributed by atoms with Crippen LogP contribution in [-0.2, 0) is 14.3 Å². The number of carbonyl (C=O) groups excluding carboxylic acids is 1. The Morgan fingerprint density at radius 1 is 1.30 bits per heavy atom. The minimum atomic E-state index is -1.27. The lowest BCUT2D eigenvalue weighted by molar-refractivity contribution is -0.188. The molecule has 30 heavy (non-hydrogen) atoms. The molecule has 2 aliphatic rings. The average Bonchev–Trinajstić information content (AvgIpc) is 3.31. The molecule has 1 unspecified atom stereocenters. The molecule has 4 N–H and O–H groups in total. The van der Waals surface area contributed by atoms with Crippen LogP contribution in [0.2, 0.25) is 0 Å². The van der Waals surface area contributed by atoms with Gasteiger partial charge in [-0.25, -0.2) is 15.0 Å². The molecule has 5 atom stereocenters. The minimum absolute atomic E-state index is 0.0219. The normalized spacial score (nSPS) is 28.6. The number of aromatic nitrogens is 4. The van der Waals surface area contributed by atoms with Crippen LogP contribution in [0.15, 0.2) is 12.7 Å². The number of nitrogens with zero attached hydrogens (tertiary/aromatic N) is 5. The zero-order valence-corrected chi connectivity index (χ0v) is 16.9. The number of likely N-dealkylation sites (N-methyl/N-ethyl adjacent to an activating group) is 1. The summed E-state index contributed by atoms with van der Waals surface area (Å²) in [5.74, 6) is 0.208. The fraction of sp³-hybridized carbons (Fsp3) is 0.684. The van der Waals surface area contributed by atoms with Gasteiger partial charge in [0, 0.05) is 6.54 Å². The third-order valence-corrected chi connectivity index (χ3v) is 5.93. The summed E-state index contributed by atoms with van der Waals surface area (Å²) in [5, 5.41) is 21.6. The van der Waals surface area contributed by atoms with E-state index < -0.39 is 30.8 Å². The lowest BCUT2D eigenvalue weighted by Gasteiger charge is -2.36. The first-order chi connectivity index (χ1) is 14.5. The number of carbonyl (C=O) groups is 1. The van der Waals surface area contributed by atoms with Crippen molar-refractivity contribution in [3.63, 3.8) is 0 Å². The second-order valence-electron chi connectivity index (χ2n) is 7.78. The summed E-state index contributed by atoms with van der Waals surface area (Å²) in [5.41, 5.74) is 6.60. The first-order valence-electron chi connectivity index (χ1n) is 10.4. The van der Waals surface area contributed by atoms with Gasteiger partial charge in [-0.2, -0.15) is 0 Å². The van der Waals surface area contributed by atoms with Gasteiger partial charge >= 0.3 is 0 Å². The van der Waals surface area contributed by atoms with Gasteiger partial charge in [0.05, 0.1) is 12.4 Å². The van der Waals surface area contributed by atoms with Crippen LogP contribution < -0.4 is 5.73 Å². The monoisotopic (exact) mass is 420 g/mol. The van der Waals surface area contributed by atoms with Crippen molar-refractivity contribution >= 4 is 23.4 Å². The molecule has 1 aliphatic carbocycles. The van der Waals surface area contributed by atoms with Crippen LogP contribution >= 0.6 is 0 Å². The zero-order chi connectivity index (χ0) is 21.3. The van der Waals surface area contributed by atoms with E-state index >= 15 is 0 Å². The second-order valence-corrected chi connectivity index (χ2v) is 7.78. The van der Waals surface area contributed by atoms with Crippen LogP contribution in [0.4, 0.5) is 5.82 Å². The minimum Gasteiger partial charge on any atom is -0.387 e. The highest BCUT2D eigenvalue weighted by molar-refractivity contribution is 5.81. The molecule has 0 bridgehead atoms. The number of ether oxygens (including phenoxy) is 2. The predicted molar refractivity (Wildman–Crippen MR) is 106 cm³/mol. The van der Waals surface area contributed by atoms with Crippen molar-refractivity contribution in [2.45, 2.75) is 75.9 Å². The number of amides is 1. The van der Waals surface area contributed by atoms with Crippen LogP contribution in [0.25, 0.3) is 11.2 Å². The third-order valence-electron chi connectivity index (χ3n) is 5.93. The van der Waals surface area contributed by atoms with Crippen molar-refractivity contribution in [3.8, 4) is 0 Å². The van der Waals surface area contributed by atoms with E-state index in [9.17, 15) is 15.0 Å². The molecule has 2 aromatic heterocycles. The summed E-state index contributed by atoms with van der Waals surface area (Å²) in [7, 11) is 0. The van der Waals surface area contributed by atoms with Crippen LogP contribution in [0.5, 0.6) is 0 Å². The molecule has 3 heterocycles. The van der Waals surface area contributed by atoms with Gasteiger partial charge < -0.3 is 30.3 Å². The van der Waals surface area contributed by atoms with Crippen molar-refractivity contribution in [1.29, 1.82) is 0 Å². The van der Waals surface area contributed by atoms with Crippen molar-refractivity contribution in [2.75, 3.05) is 12.3 Å². The standard InChI is InChI=1S/C19H28N6O5/c1-2-24(10-26)19(29-11-6-4-3-5-7-11)15-13(27)14(28)18(30-15)25-9-23-12-16(20)21-8-22-17(12)25/h8-11,13-15,18-19,27-28H,2-7H2,1H3,(H2,20,21,22)/t13-,14+,15-,18+,19?/m0/s1. The van der Waals surface area contributed by atoms with Gasteiger partial charge in [0.1, 0.15) is 30.2 Å². The summed E-state index contributed by atoms with van der Waals surface area (Å²) >= 11 is 0. The lowest BCUT2D eigenvalue weighted by atomic mass is 9.97. The van der Waals surface area contributed by atoms with Gasteiger partial charge in [-0.05, 0) is 19.8 Å². The molecular weight excluding hydrogens is 392 g/mol. The molecule has 2 aromatic rings. The number of nitrogen functional groups attached to an aromatic ring is 1. The van der Waals surface area contributed by atoms with E-state index in [1.165, 1.54) is 22.1 Å². The Hall–Kier alpha value is -2.34. The van der Waals surface area contributed by atoms with Crippen molar-refractivity contribution in [1.82, 2.24) is 24.4 Å². The number of anilines is 1. The van der Waals surface area contributed by atoms with Gasteiger partial charge in [0.25, 0.3) is 0 Å². The van der Waals surface area contributed by atoms with E-state index in [4.69, 9.17) is 15.2 Å². The van der Waals surface area contributed by atoms with Gasteiger partial charge in [-0.3, -0.25) is 9.36 Å². The van der Waals surface area contributed by atoms with Crippen LogP contribution in [-0.4, -0.2) is 78.2 Å². The first kappa shape index (κ1) is 20.9. The van der Waals surface area contributed by atoms with E-state index in [0.717, 1.165) is 32.1 Å². The van der Waals surface area contributed by atoms with E-state index in [0.29, 0.717) is 24.1 Å². The Kier molecular flexibility index (Phi) is 6.14. The topological polar surface area (TPSA) is 149 Å². The number of rotatable bonds is 7. The molecular formula is C19H28N6O5. The molecule has 164 valence electrons. The van der Waals surface area contributed by atoms with Gasteiger partial charge in [0.2, 0.25) is 6.41 Å². The Labute approximate surface area is 173 Å². The van der Waals surface area contributed by atoms with E-state index in [-0.39, 0.29) is 11.9 Å². The SMILES string of the molecule is CCN(C=O)C(OC1CCCCC1)[C@H]1O[C@@H](n2cnc3c(N)ncnc32)[C@H](O)[C@@H]1O. The largest absolute Gasteiger partial charge is 0.387 e. The van der Waals surface area contributed by atoms with E-state index in [2.05, 4.69) is 15.0 Å². The summed E-state index contributed by atoms with van der Waals surface area (Å²) in [4.78, 5) is 25.4. The summed E-state index contributed by atoms with van der Waals surface area (Å²) in [6, 6.07) is 0. The van der Waals surface area contributed by atoms with Crippen LogP contribution in [0.3, 0.4) is 0 Å². The fourth-order valence-electron chi connectivity index (χ4n) is 4.26. The van der Waals surface area contributed by atoms with Crippen molar-refractivity contribution < 1.29 is 24.5 Å². The lowest BCUT2D eigenvalue weighted by Crippen LogP contribution is -2.51. The molecule has 11 nitrogen and oxygen atoms in total. The number of aliphatic hydroxyl groups is 2. The number of aliphatic hydroxyl groups excluding tert-OH is 2. The molecule has 0 radical (unpaired) electrons. The Morgan fingerprint density at radius 2 is 2.07 bits per heavy atom. The van der Waals surface area contributed by atoms with Crippen molar-refractivity contribution in [2.24, 2.45) is 0 Å². The van der Waals surface area contributed by atoms with E-state index in [1.54, 1.807) is 0 Å². The predicted octanol–water partition coefficient (Wildman–Crippen LogP) is 0.181. The fourth-order valence-corrected chi connectivity index (χ4v) is 4.26. The van der Waals surface area contributed by atoms with Gasteiger partial charge in [0.15, 0.2) is 23.9 Å². The second kappa shape index (κ2) is 8.80. The molecule has 2 fully saturated rings. The number of nitrogens with two attached hydrogens (primary N) is 1. The molecule has 0 spiro atoms. The van der Waals surface area contributed by atoms with Gasteiger partial charge in [-0.15, -0.1) is 0 Å². The molecule has 1 saturated heterocycles. The number of imidazole rings is 1. The highest BCUT2D eigenvalue weighted by Crippen LogP contribution is 2.35. The Bertz CT molecular complexity index is 872. The smallest absolute Gasteiger partial charge is 0.211 e. The quantitative estimate of drug-likeness (QED) is 0.421. The summed E-state index contributed by atoms with van der Waals surface area (Å²) in [6.45, 7) is 2.20. The van der Waals surface area contributed by atoms with E-state index in [1.807, 2.05) is 6.92 Å². The molecule has 1 aliphatic heterocycles. The molecule has 1 amide bonds. The molecule has 1 saturated carbocycles. The number of hydrogen-bond acceptors (Lipinski definition) is 9. The molecule has 4 rings (SSSR count). The van der Waals surface area contributed by atoms with Crippen molar-refractivity contribution in [3.05, 3.63) is 12.7 Å². The van der Waals surface area contributed by atoms with Gasteiger partial charge in [-0.1, -0.05) is 19.3 Å². The first-order valence-corrected chi connectivity index (χ1v) is 10.4. The average molecular weight is 420 g/mol. The Balaban J connectivity index is 1.61. The molecule has 11 heteroatoms. The highest BCUT2D eigenvalue weighted by atomic mass is 16.6. The van der Waals surface area contributed by atoms with Crippen LogP contribution in [0.1, 0.15) is 45.3 Å². The Morgan fingerprint density at radius 3 is 2.77 bits per heavy atom. The summed E-state index contributed by atoms with van der Waals surface area (Å²) in [6.07, 6.45) is 3.21. The zero-order valence-electron chi connectivity index (χ0n) is 16.9. The van der Waals surface area contributed by atoms with Crippen LogP contribution in [0, 0.1) is 0 Å². The number of hydrogen-bond donors (Lipinski definition) is 3. The highest BCUT2D eigenvalue weighted by Gasteiger charge is 2.50. The maximum Gasteiger partial charge on any atom is 0.211 e.